The van der Waals surface area contributed by atoms with Crippen molar-refractivity contribution in [2.45, 2.75) is 6.42 Å². The molecule has 2 heterocycles. The Morgan fingerprint density at radius 2 is 1.81 bits per heavy atom. The number of esters is 1. The number of rotatable bonds is 5. The number of nitrogens with zero attached hydrogens (tertiary/aromatic N) is 2. The molecule has 0 aliphatic heterocycles. The highest BCUT2D eigenvalue weighted by molar-refractivity contribution is 7.18. The molecule has 0 aliphatic rings. The molecule has 0 saturated carbocycles. The Morgan fingerprint density at radius 3 is 2.65 bits per heavy atom. The average molecular weight is 384 g/mol. The van der Waals surface area contributed by atoms with Crippen molar-refractivity contribution in [1.82, 2.24) is 9.97 Å². The first-order valence-electron chi connectivity index (χ1n) is 7.73. The second kappa shape index (κ2) is 6.81. The van der Waals surface area contributed by atoms with Gasteiger partial charge in [0.25, 0.3) is 0 Å². The van der Waals surface area contributed by atoms with Gasteiger partial charge in [0, 0.05) is 6.42 Å². The lowest BCUT2D eigenvalue weighted by Crippen LogP contribution is -2.07. The number of thiazole rings is 2. The molecule has 0 bridgehead atoms. The number of benzene rings is 2. The minimum atomic E-state index is -0.964. The molecule has 4 aromatic rings. The summed E-state index contributed by atoms with van der Waals surface area (Å²) < 4.78 is 7.08. The highest BCUT2D eigenvalue weighted by Crippen LogP contribution is 2.24. The van der Waals surface area contributed by atoms with E-state index in [1.165, 1.54) is 28.7 Å². The number of hydrogen-bond acceptors (Lipinski definition) is 7. The first kappa shape index (κ1) is 16.6. The molecule has 0 atom stereocenters. The third kappa shape index (κ3) is 3.29. The lowest BCUT2D eigenvalue weighted by molar-refractivity contribution is 0.0509. The summed E-state index contributed by atoms with van der Waals surface area (Å²) in [6.45, 7) is 0.213. The zero-order valence-electron chi connectivity index (χ0n) is 13.3. The summed E-state index contributed by atoms with van der Waals surface area (Å²) in [5.41, 5.74) is 4.08. The van der Waals surface area contributed by atoms with Gasteiger partial charge in [-0.3, -0.25) is 0 Å². The highest BCUT2D eigenvalue weighted by atomic mass is 32.1. The molecule has 0 fully saturated rings. The third-order valence-electron chi connectivity index (χ3n) is 3.80. The van der Waals surface area contributed by atoms with Crippen molar-refractivity contribution in [3.05, 3.63) is 58.0 Å². The van der Waals surface area contributed by atoms with Gasteiger partial charge in [0.15, 0.2) is 0 Å². The predicted octanol–water partition coefficient (Wildman–Crippen LogP) is 4.00. The van der Waals surface area contributed by atoms with Crippen LogP contribution in [0.3, 0.4) is 0 Å². The molecule has 0 radical (unpaired) electrons. The van der Waals surface area contributed by atoms with Gasteiger partial charge >= 0.3 is 11.9 Å². The van der Waals surface area contributed by atoms with E-state index in [2.05, 4.69) is 9.97 Å². The van der Waals surface area contributed by atoms with E-state index in [1.54, 1.807) is 35.8 Å². The standard InChI is InChI=1S/C18H12N2O4S2/c21-17(22)10-1-4-13-15(7-10)26-16(20-13)5-6-24-18(23)11-2-3-12-14(8-11)25-9-19-12/h1-4,7-9H,5-6H2,(H,21,22). The van der Waals surface area contributed by atoms with Crippen LogP contribution in [-0.2, 0) is 11.2 Å². The number of ether oxygens (including phenoxy) is 1. The monoisotopic (exact) mass is 384 g/mol. The van der Waals surface area contributed by atoms with Crippen molar-refractivity contribution in [2.75, 3.05) is 6.61 Å². The summed E-state index contributed by atoms with van der Waals surface area (Å²) in [4.78, 5) is 31.8. The molecule has 0 amide bonds. The van der Waals surface area contributed by atoms with Crippen molar-refractivity contribution < 1.29 is 19.4 Å². The van der Waals surface area contributed by atoms with Crippen molar-refractivity contribution in [2.24, 2.45) is 0 Å². The van der Waals surface area contributed by atoms with E-state index in [-0.39, 0.29) is 18.1 Å². The Hall–Kier alpha value is -2.84. The Morgan fingerprint density at radius 1 is 1.04 bits per heavy atom. The van der Waals surface area contributed by atoms with Crippen molar-refractivity contribution in [3.63, 3.8) is 0 Å². The first-order valence-corrected chi connectivity index (χ1v) is 9.43. The molecule has 0 spiro atoms. The fourth-order valence-electron chi connectivity index (χ4n) is 2.51. The van der Waals surface area contributed by atoms with Crippen molar-refractivity contribution in [1.29, 1.82) is 0 Å². The van der Waals surface area contributed by atoms with Crippen LogP contribution in [0.25, 0.3) is 20.4 Å². The van der Waals surface area contributed by atoms with Crippen LogP contribution in [-0.4, -0.2) is 33.6 Å². The third-order valence-corrected chi connectivity index (χ3v) is 5.67. The van der Waals surface area contributed by atoms with Gasteiger partial charge < -0.3 is 9.84 Å². The fourth-order valence-corrected chi connectivity index (χ4v) is 4.21. The molecule has 8 heteroatoms. The van der Waals surface area contributed by atoms with Crippen LogP contribution in [0.2, 0.25) is 0 Å². The van der Waals surface area contributed by atoms with Gasteiger partial charge in [-0.25, -0.2) is 19.6 Å². The summed E-state index contributed by atoms with van der Waals surface area (Å²) in [6.07, 6.45) is 0.482. The van der Waals surface area contributed by atoms with Crippen LogP contribution < -0.4 is 0 Å². The molecule has 6 nitrogen and oxygen atoms in total. The number of carboxylic acids is 1. The van der Waals surface area contributed by atoms with Crippen LogP contribution in [0.15, 0.2) is 41.9 Å². The second-order valence-electron chi connectivity index (χ2n) is 5.52. The van der Waals surface area contributed by atoms with Crippen LogP contribution in [0, 0.1) is 0 Å². The summed E-state index contributed by atoms with van der Waals surface area (Å²) in [6, 6.07) is 10.1. The van der Waals surface area contributed by atoms with E-state index in [0.29, 0.717) is 12.0 Å². The fraction of sp³-hybridized carbons (Fsp3) is 0.111. The normalized spacial score (nSPS) is 11.1. The van der Waals surface area contributed by atoms with E-state index in [9.17, 15) is 9.59 Å². The summed E-state index contributed by atoms with van der Waals surface area (Å²) in [5.74, 6) is -1.34. The number of hydrogen-bond donors (Lipinski definition) is 1. The molecule has 4 rings (SSSR count). The maximum absolute atomic E-state index is 12.2. The van der Waals surface area contributed by atoms with Gasteiger partial charge in [-0.05, 0) is 36.4 Å². The van der Waals surface area contributed by atoms with E-state index >= 15 is 0 Å². The number of carbonyl (C=O) groups excluding carboxylic acids is 1. The minimum Gasteiger partial charge on any atom is -0.478 e. The van der Waals surface area contributed by atoms with Crippen LogP contribution in [0.5, 0.6) is 0 Å². The highest BCUT2D eigenvalue weighted by Gasteiger charge is 2.11. The van der Waals surface area contributed by atoms with Gasteiger partial charge in [0.1, 0.15) is 0 Å². The molecule has 130 valence electrons. The Balaban J connectivity index is 1.41. The quantitative estimate of drug-likeness (QED) is 0.523. The lowest BCUT2D eigenvalue weighted by atomic mass is 10.2. The molecule has 0 saturated heterocycles. The number of carbonyl (C=O) groups is 2. The molecular weight excluding hydrogens is 372 g/mol. The van der Waals surface area contributed by atoms with Gasteiger partial charge in [0.05, 0.1) is 48.7 Å². The smallest absolute Gasteiger partial charge is 0.338 e. The lowest BCUT2D eigenvalue weighted by Gasteiger charge is -2.03. The second-order valence-corrected chi connectivity index (χ2v) is 7.52. The molecule has 1 N–H and O–H groups in total. The molecule has 2 aromatic heterocycles. The Labute approximate surface area is 155 Å². The number of aromatic nitrogens is 2. The van der Waals surface area contributed by atoms with Gasteiger partial charge in [-0.1, -0.05) is 0 Å². The molecule has 0 unspecified atom stereocenters. The zero-order chi connectivity index (χ0) is 18.1. The van der Waals surface area contributed by atoms with E-state index in [0.717, 1.165) is 25.4 Å². The molecular formula is C18H12N2O4S2. The summed E-state index contributed by atoms with van der Waals surface area (Å²) in [7, 11) is 0. The van der Waals surface area contributed by atoms with Crippen LogP contribution in [0.1, 0.15) is 25.7 Å². The first-order chi connectivity index (χ1) is 12.6. The average Bonchev–Trinajstić information content (AvgIpc) is 3.26. The van der Waals surface area contributed by atoms with Gasteiger partial charge in [0.2, 0.25) is 0 Å². The predicted molar refractivity (Wildman–Crippen MR) is 100 cm³/mol. The van der Waals surface area contributed by atoms with E-state index < -0.39 is 5.97 Å². The van der Waals surface area contributed by atoms with E-state index in [1.807, 2.05) is 0 Å². The minimum absolute atomic E-state index is 0.213. The van der Waals surface area contributed by atoms with Crippen LogP contribution >= 0.6 is 22.7 Å². The Kier molecular flexibility index (Phi) is 4.36. The van der Waals surface area contributed by atoms with Gasteiger partial charge in [-0.2, -0.15) is 0 Å². The maximum Gasteiger partial charge on any atom is 0.338 e. The van der Waals surface area contributed by atoms with Crippen molar-refractivity contribution in [3.8, 4) is 0 Å². The SMILES string of the molecule is O=C(O)c1ccc2nc(CCOC(=O)c3ccc4ncsc4c3)sc2c1. The van der Waals surface area contributed by atoms with Crippen LogP contribution in [0.4, 0.5) is 0 Å². The number of fused-ring (bicyclic) bond motifs is 2. The van der Waals surface area contributed by atoms with E-state index in [4.69, 9.17) is 9.84 Å². The van der Waals surface area contributed by atoms with Crippen molar-refractivity contribution >= 4 is 55.0 Å². The largest absolute Gasteiger partial charge is 0.478 e. The maximum atomic E-state index is 12.2. The number of carboxylic acid groups (broad SMARTS) is 1. The Bertz CT molecular complexity index is 1130. The summed E-state index contributed by atoms with van der Waals surface area (Å²) in [5, 5.41) is 9.84. The molecule has 26 heavy (non-hydrogen) atoms. The topological polar surface area (TPSA) is 89.4 Å². The van der Waals surface area contributed by atoms with Gasteiger partial charge in [-0.15, -0.1) is 22.7 Å². The number of aromatic carboxylic acids is 1. The molecule has 2 aromatic carbocycles. The molecule has 0 aliphatic carbocycles. The zero-order valence-corrected chi connectivity index (χ0v) is 15.0. The summed E-state index contributed by atoms with van der Waals surface area (Å²) >= 11 is 2.88.